The third kappa shape index (κ3) is 2.92. The van der Waals surface area contributed by atoms with Gasteiger partial charge in [-0.15, -0.1) is 4.91 Å². The maximum absolute atomic E-state index is 11.9. The predicted molar refractivity (Wildman–Crippen MR) is 98.1 cm³/mol. The number of carbonyl (C=O) groups excluding carboxylic acids is 1. The Labute approximate surface area is 154 Å². The SMILES string of the molecule is O=NC(=O)c1cnc(Nc2cc(Cl)cc(Cl)c2)c2c1C1CCC2CC1. The molecular formula is C18H15Cl2N3O2. The predicted octanol–water partition coefficient (Wildman–Crippen LogP) is 5.79. The molecule has 1 amide bonds. The maximum atomic E-state index is 11.9. The van der Waals surface area contributed by atoms with Crippen molar-refractivity contribution in [3.05, 3.63) is 56.0 Å². The summed E-state index contributed by atoms with van der Waals surface area (Å²) in [6.07, 6.45) is 5.65. The molecule has 0 radical (unpaired) electrons. The number of pyridine rings is 1. The normalized spacial score (nSPS) is 20.9. The minimum absolute atomic E-state index is 0.284. The number of hydrogen-bond donors (Lipinski definition) is 1. The van der Waals surface area contributed by atoms with Crippen LogP contribution in [0.25, 0.3) is 0 Å². The molecule has 2 bridgehead atoms. The summed E-state index contributed by atoms with van der Waals surface area (Å²) in [7, 11) is 0. The Hall–Kier alpha value is -1.98. The number of fused-ring (bicyclic) bond motifs is 2. The van der Waals surface area contributed by atoms with Gasteiger partial charge in [0.25, 0.3) is 0 Å². The molecule has 1 aromatic heterocycles. The highest BCUT2D eigenvalue weighted by Gasteiger charge is 2.38. The van der Waals surface area contributed by atoms with Crippen LogP contribution < -0.4 is 5.32 Å². The van der Waals surface area contributed by atoms with Crippen LogP contribution in [0, 0.1) is 4.91 Å². The Morgan fingerprint density at radius 1 is 1.04 bits per heavy atom. The Morgan fingerprint density at radius 3 is 2.24 bits per heavy atom. The first-order chi connectivity index (χ1) is 12.1. The second-order valence-electron chi connectivity index (χ2n) is 6.58. The van der Waals surface area contributed by atoms with Crippen molar-refractivity contribution in [2.75, 3.05) is 5.32 Å². The third-order valence-electron chi connectivity index (χ3n) is 5.14. The van der Waals surface area contributed by atoms with E-state index >= 15 is 0 Å². The van der Waals surface area contributed by atoms with Crippen molar-refractivity contribution in [1.29, 1.82) is 0 Å². The molecule has 1 saturated carbocycles. The van der Waals surface area contributed by atoms with Crippen LogP contribution in [0.3, 0.4) is 0 Å². The first kappa shape index (κ1) is 16.5. The fourth-order valence-electron chi connectivity index (χ4n) is 4.15. The van der Waals surface area contributed by atoms with E-state index in [2.05, 4.69) is 15.5 Å². The average Bonchev–Trinajstić information content (AvgIpc) is 2.61. The van der Waals surface area contributed by atoms with E-state index in [1.807, 2.05) is 0 Å². The summed E-state index contributed by atoms with van der Waals surface area (Å²) >= 11 is 12.1. The fraction of sp³-hybridized carbons (Fsp3) is 0.333. The number of carbonyl (C=O) groups is 1. The number of nitrogens with one attached hydrogen (secondary N) is 1. The molecule has 7 heteroatoms. The zero-order valence-corrected chi connectivity index (χ0v) is 14.8. The molecule has 5 nitrogen and oxygen atoms in total. The smallest absolute Gasteiger partial charge is 0.318 e. The maximum Gasteiger partial charge on any atom is 0.318 e. The van der Waals surface area contributed by atoms with E-state index < -0.39 is 5.91 Å². The second kappa shape index (κ2) is 6.39. The van der Waals surface area contributed by atoms with Gasteiger partial charge in [-0.1, -0.05) is 23.2 Å². The molecule has 3 aliphatic carbocycles. The van der Waals surface area contributed by atoms with Gasteiger partial charge in [-0.05, 0) is 61.3 Å². The minimum Gasteiger partial charge on any atom is -0.340 e. The minimum atomic E-state index is -0.742. The Balaban J connectivity index is 1.83. The Morgan fingerprint density at radius 2 is 1.64 bits per heavy atom. The molecule has 1 heterocycles. The third-order valence-corrected chi connectivity index (χ3v) is 5.58. The van der Waals surface area contributed by atoms with Crippen molar-refractivity contribution in [2.24, 2.45) is 5.18 Å². The lowest BCUT2D eigenvalue weighted by molar-refractivity contribution is 0.0998. The number of nitrogens with zero attached hydrogens (tertiary/aromatic N) is 2. The molecule has 1 N–H and O–H groups in total. The summed E-state index contributed by atoms with van der Waals surface area (Å²) in [5.74, 6) is 0.579. The lowest BCUT2D eigenvalue weighted by atomic mass is 9.66. The molecular weight excluding hydrogens is 361 g/mol. The molecule has 0 atom stereocenters. The quantitative estimate of drug-likeness (QED) is 0.688. The molecule has 2 aromatic rings. The van der Waals surface area contributed by atoms with Crippen molar-refractivity contribution < 1.29 is 4.79 Å². The topological polar surface area (TPSA) is 71.4 Å². The number of anilines is 2. The lowest BCUT2D eigenvalue weighted by Gasteiger charge is -2.39. The largest absolute Gasteiger partial charge is 0.340 e. The van der Waals surface area contributed by atoms with E-state index in [-0.39, 0.29) is 5.92 Å². The molecule has 1 fully saturated rings. The van der Waals surface area contributed by atoms with E-state index in [1.165, 1.54) is 6.20 Å². The van der Waals surface area contributed by atoms with Gasteiger partial charge >= 0.3 is 5.91 Å². The van der Waals surface area contributed by atoms with Crippen LogP contribution in [0.1, 0.15) is 59.0 Å². The lowest BCUT2D eigenvalue weighted by Crippen LogP contribution is -2.26. The Kier molecular flexibility index (Phi) is 4.21. The number of nitroso groups, excluding NO2 is 1. The van der Waals surface area contributed by atoms with E-state index in [0.29, 0.717) is 27.3 Å². The molecule has 1 aromatic carbocycles. The van der Waals surface area contributed by atoms with Crippen molar-refractivity contribution in [1.82, 2.24) is 4.98 Å². The van der Waals surface area contributed by atoms with Crippen LogP contribution in [0.5, 0.6) is 0 Å². The monoisotopic (exact) mass is 375 g/mol. The summed E-state index contributed by atoms with van der Waals surface area (Å²) < 4.78 is 0. The summed E-state index contributed by atoms with van der Waals surface area (Å²) in [5, 5.41) is 6.95. The molecule has 25 heavy (non-hydrogen) atoms. The van der Waals surface area contributed by atoms with Gasteiger partial charge in [0.2, 0.25) is 0 Å². The summed E-state index contributed by atoms with van der Waals surface area (Å²) in [6.45, 7) is 0. The zero-order valence-electron chi connectivity index (χ0n) is 13.3. The van der Waals surface area contributed by atoms with Gasteiger partial charge in [0.1, 0.15) is 5.82 Å². The highest BCUT2D eigenvalue weighted by atomic mass is 35.5. The van der Waals surface area contributed by atoms with E-state index in [9.17, 15) is 9.70 Å². The van der Waals surface area contributed by atoms with Crippen molar-refractivity contribution in [3.8, 4) is 0 Å². The van der Waals surface area contributed by atoms with E-state index in [4.69, 9.17) is 23.2 Å². The van der Waals surface area contributed by atoms with E-state index in [0.717, 1.165) is 42.5 Å². The van der Waals surface area contributed by atoms with Crippen LogP contribution in [0.4, 0.5) is 11.5 Å². The van der Waals surface area contributed by atoms with Crippen molar-refractivity contribution >= 4 is 40.6 Å². The molecule has 128 valence electrons. The molecule has 0 aliphatic heterocycles. The zero-order chi connectivity index (χ0) is 17.6. The number of rotatable bonds is 3. The first-order valence-corrected chi connectivity index (χ1v) is 8.96. The molecule has 0 spiro atoms. The summed E-state index contributed by atoms with van der Waals surface area (Å²) in [5.41, 5.74) is 3.06. The molecule has 5 rings (SSSR count). The molecule has 3 aliphatic rings. The van der Waals surface area contributed by atoms with Crippen LogP contribution in [0.15, 0.2) is 29.6 Å². The summed E-state index contributed by atoms with van der Waals surface area (Å²) in [6, 6.07) is 5.21. The second-order valence-corrected chi connectivity index (χ2v) is 7.45. The van der Waals surface area contributed by atoms with E-state index in [1.54, 1.807) is 18.2 Å². The van der Waals surface area contributed by atoms with Crippen LogP contribution >= 0.6 is 23.2 Å². The van der Waals surface area contributed by atoms with Crippen molar-refractivity contribution in [2.45, 2.75) is 37.5 Å². The van der Waals surface area contributed by atoms with Gasteiger partial charge in [0, 0.05) is 32.7 Å². The van der Waals surface area contributed by atoms with Crippen LogP contribution in [-0.2, 0) is 0 Å². The van der Waals surface area contributed by atoms with Gasteiger partial charge in [-0.3, -0.25) is 4.79 Å². The van der Waals surface area contributed by atoms with Gasteiger partial charge in [-0.2, -0.15) is 0 Å². The highest BCUT2D eigenvalue weighted by molar-refractivity contribution is 6.35. The average molecular weight is 376 g/mol. The molecule has 0 unspecified atom stereocenters. The van der Waals surface area contributed by atoms with Gasteiger partial charge < -0.3 is 5.32 Å². The fourth-order valence-corrected chi connectivity index (χ4v) is 4.67. The van der Waals surface area contributed by atoms with Gasteiger partial charge in [0.15, 0.2) is 0 Å². The highest BCUT2D eigenvalue weighted by Crippen LogP contribution is 2.52. The van der Waals surface area contributed by atoms with Gasteiger partial charge in [-0.25, -0.2) is 4.98 Å². The van der Waals surface area contributed by atoms with Gasteiger partial charge in [0.05, 0.1) is 5.56 Å². The Bertz CT molecular complexity index is 857. The number of halogens is 2. The first-order valence-electron chi connectivity index (χ1n) is 8.20. The van der Waals surface area contributed by atoms with Crippen molar-refractivity contribution in [3.63, 3.8) is 0 Å². The van der Waals surface area contributed by atoms with Crippen LogP contribution in [-0.4, -0.2) is 10.9 Å². The summed E-state index contributed by atoms with van der Waals surface area (Å²) in [4.78, 5) is 27.1. The molecule has 0 saturated heterocycles. The number of amides is 1. The number of hydrogen-bond acceptors (Lipinski definition) is 4. The number of benzene rings is 1. The van der Waals surface area contributed by atoms with Crippen LogP contribution in [0.2, 0.25) is 10.0 Å². The standard InChI is InChI=1S/C18H15Cl2N3O2/c19-11-5-12(20)7-13(6-11)22-17-16-10-3-1-9(2-4-10)15(16)14(8-21-17)18(24)23-25/h5-10H,1-4H2,(H,21,22). The number of aromatic nitrogens is 1.